The zero-order valence-corrected chi connectivity index (χ0v) is 21.9. The molecule has 206 valence electrons. The Balaban J connectivity index is 1.30. The first-order valence-electron chi connectivity index (χ1n) is 12.8. The molecular weight excluding hydrogens is 517 g/mol. The molecule has 1 aliphatic heterocycles. The Labute approximate surface area is 218 Å². The molecule has 3 aliphatic rings. The average molecular weight is 550 g/mol. The number of esters is 1. The number of nitrogens with one attached hydrogen (secondary N) is 2. The number of aliphatic hydroxyl groups excluding tert-OH is 1. The molecule has 12 nitrogen and oxygen atoms in total. The molecule has 0 radical (unpaired) electrons. The summed E-state index contributed by atoms with van der Waals surface area (Å²) in [5.41, 5.74) is -1.93. The SMILES string of the molecule is C[C@@H](NP(=O)(OC[C@H]1O[C@@H](n2ccc(=O)[nH]c2=O)C2(CC2)[C@@H]1O)Oc1ccccc1)C(=O)OC1CCCC1. The number of aromatic amines is 1. The lowest BCUT2D eigenvalue weighted by atomic mass is 9.96. The predicted octanol–water partition coefficient (Wildman–Crippen LogP) is 2.24. The van der Waals surface area contributed by atoms with Crippen LogP contribution in [0.2, 0.25) is 0 Å². The maximum atomic E-state index is 13.8. The summed E-state index contributed by atoms with van der Waals surface area (Å²) in [6, 6.07) is 8.56. The molecule has 2 heterocycles. The molecule has 2 aromatic rings. The van der Waals surface area contributed by atoms with E-state index >= 15 is 0 Å². The smallest absolute Gasteiger partial charge is 0.459 e. The van der Waals surface area contributed by atoms with Gasteiger partial charge in [0.2, 0.25) is 0 Å². The largest absolute Gasteiger partial charge is 0.461 e. The highest BCUT2D eigenvalue weighted by Crippen LogP contribution is 2.62. The van der Waals surface area contributed by atoms with E-state index in [1.165, 1.54) is 23.8 Å². The van der Waals surface area contributed by atoms with Gasteiger partial charge in [0.25, 0.3) is 5.56 Å². The Bertz CT molecular complexity index is 1300. The van der Waals surface area contributed by atoms with Gasteiger partial charge in [-0.15, -0.1) is 0 Å². The Kier molecular flexibility index (Phi) is 7.61. The van der Waals surface area contributed by atoms with Crippen LogP contribution in [0.5, 0.6) is 5.75 Å². The summed E-state index contributed by atoms with van der Waals surface area (Å²) in [6.07, 6.45) is 3.14. The van der Waals surface area contributed by atoms with Gasteiger partial charge in [-0.05, 0) is 57.6 Å². The van der Waals surface area contributed by atoms with Gasteiger partial charge in [0, 0.05) is 17.7 Å². The van der Waals surface area contributed by atoms with Crippen molar-refractivity contribution in [1.82, 2.24) is 14.6 Å². The Morgan fingerprint density at radius 1 is 1.24 bits per heavy atom. The van der Waals surface area contributed by atoms with Crippen LogP contribution in [0.15, 0.2) is 52.2 Å². The van der Waals surface area contributed by atoms with Crippen molar-refractivity contribution in [2.24, 2.45) is 5.41 Å². The van der Waals surface area contributed by atoms with Crippen molar-refractivity contribution in [2.45, 2.75) is 76.0 Å². The second-order valence-electron chi connectivity index (χ2n) is 10.1. The molecule has 1 unspecified atom stereocenters. The Morgan fingerprint density at radius 2 is 1.95 bits per heavy atom. The van der Waals surface area contributed by atoms with Crippen molar-refractivity contribution in [1.29, 1.82) is 0 Å². The zero-order valence-electron chi connectivity index (χ0n) is 21.0. The maximum absolute atomic E-state index is 13.8. The number of ether oxygens (including phenoxy) is 2. The van der Waals surface area contributed by atoms with Crippen LogP contribution in [0, 0.1) is 5.41 Å². The molecule has 13 heteroatoms. The molecule has 1 spiro atoms. The van der Waals surface area contributed by atoms with Crippen LogP contribution in [-0.2, 0) is 23.4 Å². The molecule has 2 aliphatic carbocycles. The van der Waals surface area contributed by atoms with Crippen molar-refractivity contribution in [3.05, 3.63) is 63.4 Å². The molecule has 1 aromatic carbocycles. The summed E-state index contributed by atoms with van der Waals surface area (Å²) in [6.45, 7) is 1.17. The quantitative estimate of drug-likeness (QED) is 0.296. The van der Waals surface area contributed by atoms with Gasteiger partial charge in [-0.1, -0.05) is 18.2 Å². The number of aliphatic hydroxyl groups is 1. The molecule has 2 saturated carbocycles. The van der Waals surface area contributed by atoms with E-state index in [-0.39, 0.29) is 18.5 Å². The molecule has 5 rings (SSSR count). The lowest BCUT2D eigenvalue weighted by molar-refractivity contribution is -0.150. The van der Waals surface area contributed by atoms with Crippen molar-refractivity contribution < 1.29 is 33.0 Å². The van der Waals surface area contributed by atoms with E-state index in [1.807, 2.05) is 0 Å². The molecule has 0 amide bonds. The molecule has 3 fully saturated rings. The van der Waals surface area contributed by atoms with Crippen LogP contribution in [0.25, 0.3) is 0 Å². The fraction of sp³-hybridized carbons (Fsp3) is 0.560. The number of aromatic nitrogens is 2. The van der Waals surface area contributed by atoms with Gasteiger partial charge < -0.3 is 19.1 Å². The lowest BCUT2D eigenvalue weighted by Gasteiger charge is -2.25. The second kappa shape index (κ2) is 10.8. The first kappa shape index (κ1) is 26.8. The van der Waals surface area contributed by atoms with E-state index in [9.17, 15) is 24.1 Å². The van der Waals surface area contributed by atoms with Gasteiger partial charge >= 0.3 is 19.4 Å². The summed E-state index contributed by atoms with van der Waals surface area (Å²) < 4.78 is 38.0. The monoisotopic (exact) mass is 549 g/mol. The average Bonchev–Trinajstić information content (AvgIpc) is 3.44. The predicted molar refractivity (Wildman–Crippen MR) is 134 cm³/mol. The summed E-state index contributed by atoms with van der Waals surface area (Å²) in [7, 11) is -4.16. The van der Waals surface area contributed by atoms with Crippen molar-refractivity contribution in [2.75, 3.05) is 6.61 Å². The fourth-order valence-electron chi connectivity index (χ4n) is 5.11. The lowest BCUT2D eigenvalue weighted by Crippen LogP contribution is -2.38. The summed E-state index contributed by atoms with van der Waals surface area (Å²) in [5.74, 6) is -0.312. The standard InChI is InChI=1S/C25H32N3O9P/c1-16(22(31)35-17-7-5-6-8-17)27-38(33,37-18-9-3-2-4-10-18)34-15-19-21(30)25(12-13-25)23(36-19)28-14-11-20(29)26-24(28)32/h2-4,9-11,14,16-17,19,21,23,30H,5-8,12-13,15H2,1H3,(H,27,33)(H,26,29,32)/t16-,19-,21-,23-,38?/m1/s1. The van der Waals surface area contributed by atoms with E-state index in [0.717, 1.165) is 25.7 Å². The summed E-state index contributed by atoms with van der Waals surface area (Å²) >= 11 is 0. The van der Waals surface area contributed by atoms with Crippen LogP contribution in [0.4, 0.5) is 0 Å². The topological polar surface area (TPSA) is 158 Å². The number of carbonyl (C=O) groups excluding carboxylic acids is 1. The van der Waals surface area contributed by atoms with Crippen LogP contribution in [-0.4, -0.2) is 51.6 Å². The molecule has 1 saturated heterocycles. The van der Waals surface area contributed by atoms with Crippen molar-refractivity contribution >= 4 is 13.7 Å². The highest BCUT2D eigenvalue weighted by molar-refractivity contribution is 7.52. The number of rotatable bonds is 10. The van der Waals surface area contributed by atoms with Crippen LogP contribution in [0.1, 0.15) is 51.7 Å². The fourth-order valence-corrected chi connectivity index (χ4v) is 6.61. The molecular formula is C25H32N3O9P. The first-order chi connectivity index (χ1) is 18.2. The summed E-state index contributed by atoms with van der Waals surface area (Å²) in [5, 5.41) is 13.7. The van der Waals surface area contributed by atoms with Crippen molar-refractivity contribution in [3.8, 4) is 5.75 Å². The highest BCUT2D eigenvalue weighted by Gasteiger charge is 2.64. The normalized spacial score (nSPS) is 26.6. The number of benzene rings is 1. The van der Waals surface area contributed by atoms with Gasteiger partial charge in [-0.25, -0.2) is 9.36 Å². The number of para-hydroxylation sites is 1. The van der Waals surface area contributed by atoms with Crippen LogP contribution in [0.3, 0.4) is 0 Å². The van der Waals surface area contributed by atoms with Gasteiger partial charge in [0.15, 0.2) is 0 Å². The second-order valence-corrected chi connectivity index (χ2v) is 11.8. The van der Waals surface area contributed by atoms with E-state index < -0.39 is 54.9 Å². The zero-order chi connectivity index (χ0) is 26.9. The minimum atomic E-state index is -4.16. The number of hydrogen-bond acceptors (Lipinski definition) is 9. The number of H-pyrrole nitrogens is 1. The van der Waals surface area contributed by atoms with E-state index in [2.05, 4.69) is 10.1 Å². The van der Waals surface area contributed by atoms with E-state index in [1.54, 1.807) is 30.3 Å². The van der Waals surface area contributed by atoms with Crippen LogP contribution < -0.4 is 20.9 Å². The van der Waals surface area contributed by atoms with Crippen LogP contribution >= 0.6 is 7.75 Å². The Morgan fingerprint density at radius 3 is 2.61 bits per heavy atom. The van der Waals surface area contributed by atoms with Gasteiger partial charge in [-0.2, -0.15) is 5.09 Å². The first-order valence-corrected chi connectivity index (χ1v) is 14.4. The number of hydrogen-bond donors (Lipinski definition) is 3. The van der Waals surface area contributed by atoms with Gasteiger partial charge in [-0.3, -0.25) is 23.7 Å². The molecule has 1 aromatic heterocycles. The third-order valence-corrected chi connectivity index (χ3v) is 8.98. The molecule has 3 N–H and O–H groups in total. The highest BCUT2D eigenvalue weighted by atomic mass is 31.2. The van der Waals surface area contributed by atoms with Gasteiger partial charge in [0.1, 0.15) is 30.2 Å². The minimum absolute atomic E-state index is 0.160. The number of nitrogens with zero attached hydrogens (tertiary/aromatic N) is 1. The molecule has 38 heavy (non-hydrogen) atoms. The van der Waals surface area contributed by atoms with Gasteiger partial charge in [0.05, 0.1) is 12.7 Å². The van der Waals surface area contributed by atoms with Crippen molar-refractivity contribution in [3.63, 3.8) is 0 Å². The third kappa shape index (κ3) is 5.64. The molecule has 0 bridgehead atoms. The van der Waals surface area contributed by atoms with E-state index in [4.69, 9.17) is 18.5 Å². The third-order valence-electron chi connectivity index (χ3n) is 7.34. The minimum Gasteiger partial charge on any atom is -0.461 e. The molecule has 5 atom stereocenters. The Hall–Kier alpha value is -2.76. The van der Waals surface area contributed by atoms with E-state index in [0.29, 0.717) is 12.8 Å². The maximum Gasteiger partial charge on any atom is 0.459 e. The summed E-state index contributed by atoms with van der Waals surface area (Å²) in [4.78, 5) is 38.7. The number of carbonyl (C=O) groups is 1.